The van der Waals surface area contributed by atoms with Crippen LogP contribution in [0, 0.1) is 0 Å². The van der Waals surface area contributed by atoms with Gasteiger partial charge in [-0.3, -0.25) is 4.21 Å². The zero-order valence-electron chi connectivity index (χ0n) is 9.89. The van der Waals surface area contributed by atoms with Crippen molar-refractivity contribution in [3.05, 3.63) is 29.8 Å². The molecule has 0 saturated carbocycles. The van der Waals surface area contributed by atoms with Crippen molar-refractivity contribution in [1.29, 1.82) is 0 Å². The summed E-state index contributed by atoms with van der Waals surface area (Å²) in [7, 11) is -0.566. The highest BCUT2D eigenvalue weighted by atomic mass is 32.2. The lowest BCUT2D eigenvalue weighted by Gasteiger charge is -2.28. The van der Waals surface area contributed by atoms with Gasteiger partial charge in [-0.25, -0.2) is 0 Å². The summed E-state index contributed by atoms with van der Waals surface area (Å²) in [5.41, 5.74) is 2.73. The van der Waals surface area contributed by atoms with Gasteiger partial charge in [-0.2, -0.15) is 0 Å². The maximum atomic E-state index is 11.3. The zero-order chi connectivity index (χ0) is 11.7. The van der Waals surface area contributed by atoms with Gasteiger partial charge < -0.3 is 10.2 Å². The molecule has 1 N–H and O–H groups in total. The van der Waals surface area contributed by atoms with Crippen LogP contribution >= 0.6 is 0 Å². The number of rotatable bonds is 2. The molecule has 1 aromatic rings. The second-order valence-corrected chi connectivity index (χ2v) is 6.51. The number of anilines is 1. The van der Waals surface area contributed by atoms with Crippen molar-refractivity contribution in [2.45, 2.75) is 5.92 Å². The van der Waals surface area contributed by atoms with Gasteiger partial charge in [0.25, 0.3) is 0 Å². The van der Waals surface area contributed by atoms with E-state index < -0.39 is 10.8 Å². The molecule has 92 valence electrons. The van der Waals surface area contributed by atoms with Gasteiger partial charge in [0.2, 0.25) is 0 Å². The van der Waals surface area contributed by atoms with Gasteiger partial charge in [-0.15, -0.1) is 0 Å². The maximum Gasteiger partial charge on any atom is 0.0376 e. The first-order valence-electron chi connectivity index (χ1n) is 6.23. The van der Waals surface area contributed by atoms with Crippen molar-refractivity contribution in [3.8, 4) is 0 Å². The van der Waals surface area contributed by atoms with E-state index in [1.807, 2.05) is 0 Å². The highest BCUT2D eigenvalue weighted by molar-refractivity contribution is 7.85. The molecule has 2 aliphatic heterocycles. The minimum absolute atomic E-state index is 0.566. The van der Waals surface area contributed by atoms with Crippen LogP contribution in [0.5, 0.6) is 0 Å². The predicted octanol–water partition coefficient (Wildman–Crippen LogP) is 1.26. The lowest BCUT2D eigenvalue weighted by atomic mass is 10.0. The molecule has 4 heteroatoms. The molecular weight excluding hydrogens is 232 g/mol. The molecule has 0 aromatic heterocycles. The van der Waals surface area contributed by atoms with Crippen LogP contribution in [-0.4, -0.2) is 46.8 Å². The van der Waals surface area contributed by atoms with Crippen molar-refractivity contribution in [1.82, 2.24) is 4.90 Å². The maximum absolute atomic E-state index is 11.3. The van der Waals surface area contributed by atoms with Crippen molar-refractivity contribution in [2.24, 2.45) is 0 Å². The van der Waals surface area contributed by atoms with Crippen molar-refractivity contribution < 1.29 is 4.21 Å². The summed E-state index contributed by atoms with van der Waals surface area (Å²) < 4.78 is 11.3. The molecule has 0 amide bonds. The van der Waals surface area contributed by atoms with E-state index in [0.717, 1.165) is 37.7 Å². The molecular formula is C13H18N2OS. The van der Waals surface area contributed by atoms with Crippen LogP contribution in [0.1, 0.15) is 11.5 Å². The minimum Gasteiger partial charge on any atom is -0.384 e. The highest BCUT2D eigenvalue weighted by Gasteiger charge is 2.25. The molecule has 17 heavy (non-hydrogen) atoms. The molecule has 3 rings (SSSR count). The molecule has 0 radical (unpaired) electrons. The Balaban J connectivity index is 1.65. The van der Waals surface area contributed by atoms with E-state index >= 15 is 0 Å². The fourth-order valence-corrected chi connectivity index (χ4v) is 3.82. The summed E-state index contributed by atoms with van der Waals surface area (Å²) in [6.07, 6.45) is 0. The first-order valence-corrected chi connectivity index (χ1v) is 7.72. The van der Waals surface area contributed by atoms with Gasteiger partial charge >= 0.3 is 0 Å². The first-order chi connectivity index (χ1) is 8.33. The summed E-state index contributed by atoms with van der Waals surface area (Å²) in [5, 5.41) is 3.46. The molecule has 1 atom stereocenters. The summed E-state index contributed by atoms with van der Waals surface area (Å²) in [6.45, 7) is 4.12. The Morgan fingerprint density at radius 2 is 2.06 bits per heavy atom. The number of nitrogens with zero attached hydrogens (tertiary/aromatic N) is 1. The van der Waals surface area contributed by atoms with E-state index in [1.54, 1.807) is 0 Å². The van der Waals surface area contributed by atoms with Gasteiger partial charge in [-0.05, 0) is 11.6 Å². The van der Waals surface area contributed by atoms with E-state index in [1.165, 1.54) is 11.3 Å². The average Bonchev–Trinajstić information content (AvgIpc) is 2.76. The second kappa shape index (κ2) is 4.78. The summed E-state index contributed by atoms with van der Waals surface area (Å²) >= 11 is 0. The van der Waals surface area contributed by atoms with Crippen LogP contribution in [-0.2, 0) is 10.8 Å². The SMILES string of the molecule is O=S1CCN(CC2CNc3ccccc32)CC1. The quantitative estimate of drug-likeness (QED) is 0.857. The van der Waals surface area contributed by atoms with E-state index in [4.69, 9.17) is 0 Å². The fourth-order valence-electron chi connectivity index (χ4n) is 2.69. The Morgan fingerprint density at radius 1 is 1.29 bits per heavy atom. The van der Waals surface area contributed by atoms with Gasteiger partial charge in [0.05, 0.1) is 0 Å². The summed E-state index contributed by atoms with van der Waals surface area (Å²) in [4.78, 5) is 2.45. The van der Waals surface area contributed by atoms with Crippen LogP contribution in [0.2, 0.25) is 0 Å². The third-order valence-electron chi connectivity index (χ3n) is 3.69. The summed E-state index contributed by atoms with van der Waals surface area (Å²) in [5.74, 6) is 2.29. The third-order valence-corrected chi connectivity index (χ3v) is 4.96. The average molecular weight is 250 g/mol. The standard InChI is InChI=1S/C13H18N2OS/c16-17-7-5-15(6-8-17)10-11-9-14-13-4-2-1-3-12(11)13/h1-4,11,14H,5-10H2. The topological polar surface area (TPSA) is 32.3 Å². The molecule has 2 aliphatic rings. The van der Waals surface area contributed by atoms with Gasteiger partial charge in [-0.1, -0.05) is 18.2 Å². The van der Waals surface area contributed by atoms with Gasteiger partial charge in [0.15, 0.2) is 0 Å². The number of nitrogens with one attached hydrogen (secondary N) is 1. The molecule has 0 bridgehead atoms. The van der Waals surface area contributed by atoms with Crippen molar-refractivity contribution >= 4 is 16.5 Å². The fraction of sp³-hybridized carbons (Fsp3) is 0.538. The lowest BCUT2D eigenvalue weighted by Crippen LogP contribution is -2.40. The van der Waals surface area contributed by atoms with Crippen molar-refractivity contribution in [3.63, 3.8) is 0 Å². The summed E-state index contributed by atoms with van der Waals surface area (Å²) in [6, 6.07) is 8.57. The van der Waals surface area contributed by atoms with Gasteiger partial charge in [0, 0.05) is 60.1 Å². The van der Waals surface area contributed by atoms with Crippen LogP contribution in [0.25, 0.3) is 0 Å². The minimum atomic E-state index is -0.566. The van der Waals surface area contributed by atoms with E-state index in [0.29, 0.717) is 5.92 Å². The molecule has 1 aromatic carbocycles. The molecule has 0 aliphatic carbocycles. The number of benzene rings is 1. The predicted molar refractivity (Wildman–Crippen MR) is 72.0 cm³/mol. The zero-order valence-corrected chi connectivity index (χ0v) is 10.7. The third kappa shape index (κ3) is 2.38. The van der Waals surface area contributed by atoms with Crippen LogP contribution in [0.3, 0.4) is 0 Å². The molecule has 1 unspecified atom stereocenters. The number of fused-ring (bicyclic) bond motifs is 1. The monoisotopic (exact) mass is 250 g/mol. The largest absolute Gasteiger partial charge is 0.384 e. The second-order valence-electron chi connectivity index (χ2n) is 4.81. The Hall–Kier alpha value is -0.870. The number of hydrogen-bond acceptors (Lipinski definition) is 3. The number of hydrogen-bond donors (Lipinski definition) is 1. The van der Waals surface area contributed by atoms with E-state index in [9.17, 15) is 4.21 Å². The van der Waals surface area contributed by atoms with Gasteiger partial charge in [0.1, 0.15) is 0 Å². The Labute approximate surface area is 105 Å². The Morgan fingerprint density at radius 3 is 2.88 bits per heavy atom. The Kier molecular flexibility index (Phi) is 3.16. The Bertz CT molecular complexity index is 425. The molecule has 1 saturated heterocycles. The van der Waals surface area contributed by atoms with E-state index in [-0.39, 0.29) is 0 Å². The number of para-hydroxylation sites is 1. The van der Waals surface area contributed by atoms with Crippen LogP contribution in [0.4, 0.5) is 5.69 Å². The van der Waals surface area contributed by atoms with Crippen LogP contribution in [0.15, 0.2) is 24.3 Å². The normalized spacial score (nSPS) is 25.5. The van der Waals surface area contributed by atoms with Crippen molar-refractivity contribution in [2.75, 3.05) is 43.0 Å². The highest BCUT2D eigenvalue weighted by Crippen LogP contribution is 2.31. The smallest absolute Gasteiger partial charge is 0.0376 e. The molecule has 3 nitrogen and oxygen atoms in total. The lowest BCUT2D eigenvalue weighted by molar-refractivity contribution is 0.284. The molecule has 2 heterocycles. The molecule has 0 spiro atoms. The van der Waals surface area contributed by atoms with E-state index in [2.05, 4.69) is 34.5 Å². The van der Waals surface area contributed by atoms with Crippen LogP contribution < -0.4 is 5.32 Å². The molecule has 1 fully saturated rings. The first kappa shape index (κ1) is 11.2.